The maximum Gasteiger partial charge on any atom is 0.309 e. The van der Waals surface area contributed by atoms with Crippen molar-refractivity contribution in [2.75, 3.05) is 0 Å². The maximum absolute atomic E-state index is 10.8. The monoisotopic (exact) mass is 214 g/mol. The third-order valence-electron chi connectivity index (χ3n) is 2.98. The largest absolute Gasteiger partial charge is 0.481 e. The molecule has 0 amide bonds. The van der Waals surface area contributed by atoms with Crippen LogP contribution in [-0.4, -0.2) is 11.1 Å². The highest BCUT2D eigenvalue weighted by molar-refractivity contribution is 5.73. The summed E-state index contributed by atoms with van der Waals surface area (Å²) in [5.74, 6) is -0.673. The number of rotatable bonds is 9. The average molecular weight is 214 g/mol. The first kappa shape index (κ1) is 14.5. The Morgan fingerprint density at radius 1 is 1.00 bits per heavy atom. The highest BCUT2D eigenvalue weighted by atomic mass is 16.4. The molecule has 0 unspecified atom stereocenters. The van der Waals surface area contributed by atoms with Crippen LogP contribution in [0, 0.1) is 5.41 Å². The number of unbranched alkanes of at least 4 members (excludes halogenated alkanes) is 6. The van der Waals surface area contributed by atoms with Crippen molar-refractivity contribution in [3.8, 4) is 0 Å². The summed E-state index contributed by atoms with van der Waals surface area (Å²) in [6, 6.07) is 0. The van der Waals surface area contributed by atoms with Gasteiger partial charge in [0.1, 0.15) is 0 Å². The van der Waals surface area contributed by atoms with Crippen LogP contribution >= 0.6 is 0 Å². The minimum Gasteiger partial charge on any atom is -0.481 e. The van der Waals surface area contributed by atoms with Gasteiger partial charge in [0.15, 0.2) is 0 Å². The Morgan fingerprint density at radius 3 is 1.93 bits per heavy atom. The van der Waals surface area contributed by atoms with Gasteiger partial charge in [-0.15, -0.1) is 0 Å². The van der Waals surface area contributed by atoms with E-state index >= 15 is 0 Å². The van der Waals surface area contributed by atoms with E-state index in [0.717, 1.165) is 12.8 Å². The first-order valence-corrected chi connectivity index (χ1v) is 6.24. The lowest BCUT2D eigenvalue weighted by Crippen LogP contribution is -2.23. The lowest BCUT2D eigenvalue weighted by molar-refractivity contribution is -0.147. The molecule has 2 heteroatoms. The number of carboxylic acids is 1. The number of hydrogen-bond donors (Lipinski definition) is 1. The van der Waals surface area contributed by atoms with Crippen LogP contribution in [-0.2, 0) is 4.79 Å². The van der Waals surface area contributed by atoms with Gasteiger partial charge in [-0.1, -0.05) is 51.9 Å². The summed E-state index contributed by atoms with van der Waals surface area (Å²) in [6.45, 7) is 5.84. The minimum absolute atomic E-state index is 0.538. The zero-order valence-electron chi connectivity index (χ0n) is 10.5. The SMILES string of the molecule is CCCCCCCCCC(C)(C)C(=O)O. The Labute approximate surface area is 94.1 Å². The van der Waals surface area contributed by atoms with Gasteiger partial charge in [0.25, 0.3) is 0 Å². The standard InChI is InChI=1S/C13H26O2/c1-4-5-6-7-8-9-10-11-13(2,3)12(14)15/h4-11H2,1-3H3,(H,14,15). The van der Waals surface area contributed by atoms with Crippen molar-refractivity contribution < 1.29 is 9.90 Å². The predicted molar refractivity (Wildman–Crippen MR) is 64.0 cm³/mol. The molecule has 0 spiro atoms. The van der Waals surface area contributed by atoms with E-state index in [4.69, 9.17) is 5.11 Å². The molecule has 0 aromatic rings. The lowest BCUT2D eigenvalue weighted by atomic mass is 9.87. The number of hydrogen-bond acceptors (Lipinski definition) is 1. The molecule has 90 valence electrons. The van der Waals surface area contributed by atoms with Gasteiger partial charge in [-0.25, -0.2) is 0 Å². The van der Waals surface area contributed by atoms with Gasteiger partial charge in [-0.05, 0) is 20.3 Å². The second-order valence-electron chi connectivity index (χ2n) is 5.06. The van der Waals surface area contributed by atoms with Crippen LogP contribution in [0.25, 0.3) is 0 Å². The molecule has 0 bridgehead atoms. The van der Waals surface area contributed by atoms with Gasteiger partial charge < -0.3 is 5.11 Å². The third-order valence-corrected chi connectivity index (χ3v) is 2.98. The smallest absolute Gasteiger partial charge is 0.309 e. The molecule has 0 saturated carbocycles. The zero-order valence-corrected chi connectivity index (χ0v) is 10.5. The van der Waals surface area contributed by atoms with Crippen molar-refractivity contribution in [1.29, 1.82) is 0 Å². The summed E-state index contributed by atoms with van der Waals surface area (Å²) < 4.78 is 0. The van der Waals surface area contributed by atoms with E-state index in [0.29, 0.717) is 0 Å². The summed E-state index contributed by atoms with van der Waals surface area (Å²) in [5, 5.41) is 8.91. The van der Waals surface area contributed by atoms with Crippen LogP contribution in [0.15, 0.2) is 0 Å². The Morgan fingerprint density at radius 2 is 1.47 bits per heavy atom. The van der Waals surface area contributed by atoms with Crippen LogP contribution in [0.4, 0.5) is 0 Å². The molecule has 0 aromatic heterocycles. The molecule has 0 aliphatic carbocycles. The molecule has 0 radical (unpaired) electrons. The second-order valence-corrected chi connectivity index (χ2v) is 5.06. The van der Waals surface area contributed by atoms with Crippen LogP contribution in [0.5, 0.6) is 0 Å². The first-order chi connectivity index (χ1) is 7.00. The van der Waals surface area contributed by atoms with E-state index in [2.05, 4.69) is 6.92 Å². The summed E-state index contributed by atoms with van der Waals surface area (Å²) in [4.78, 5) is 10.8. The van der Waals surface area contributed by atoms with E-state index in [1.54, 1.807) is 0 Å². The van der Waals surface area contributed by atoms with Crippen molar-refractivity contribution in [2.45, 2.75) is 72.1 Å². The normalized spacial score (nSPS) is 11.7. The van der Waals surface area contributed by atoms with Gasteiger partial charge in [0.2, 0.25) is 0 Å². The molecular formula is C13H26O2. The van der Waals surface area contributed by atoms with Gasteiger partial charge in [-0.3, -0.25) is 4.79 Å². The lowest BCUT2D eigenvalue weighted by Gasteiger charge is -2.18. The maximum atomic E-state index is 10.8. The molecule has 2 nitrogen and oxygen atoms in total. The molecule has 0 fully saturated rings. The van der Waals surface area contributed by atoms with Crippen LogP contribution in [0.1, 0.15) is 72.1 Å². The van der Waals surface area contributed by atoms with E-state index in [1.807, 2.05) is 13.8 Å². The fourth-order valence-corrected chi connectivity index (χ4v) is 1.63. The van der Waals surface area contributed by atoms with Crippen molar-refractivity contribution in [1.82, 2.24) is 0 Å². The Kier molecular flexibility index (Phi) is 7.45. The molecule has 0 aromatic carbocycles. The van der Waals surface area contributed by atoms with Crippen molar-refractivity contribution in [2.24, 2.45) is 5.41 Å². The molecule has 1 N–H and O–H groups in total. The van der Waals surface area contributed by atoms with Crippen molar-refractivity contribution >= 4 is 5.97 Å². The van der Waals surface area contributed by atoms with E-state index in [-0.39, 0.29) is 0 Å². The number of carboxylic acid groups (broad SMARTS) is 1. The minimum atomic E-state index is -0.673. The molecule has 0 rings (SSSR count). The van der Waals surface area contributed by atoms with Gasteiger partial charge in [-0.2, -0.15) is 0 Å². The van der Waals surface area contributed by atoms with Crippen LogP contribution < -0.4 is 0 Å². The Balaban J connectivity index is 3.35. The van der Waals surface area contributed by atoms with E-state index < -0.39 is 11.4 Å². The summed E-state index contributed by atoms with van der Waals surface area (Å²) in [5.41, 5.74) is -0.538. The topological polar surface area (TPSA) is 37.3 Å². The van der Waals surface area contributed by atoms with E-state index in [9.17, 15) is 4.79 Å². The average Bonchev–Trinajstić information content (AvgIpc) is 2.16. The quantitative estimate of drug-likeness (QED) is 0.583. The molecule has 0 atom stereocenters. The van der Waals surface area contributed by atoms with Crippen LogP contribution in [0.2, 0.25) is 0 Å². The Bertz CT molecular complexity index is 173. The highest BCUT2D eigenvalue weighted by Gasteiger charge is 2.25. The third kappa shape index (κ3) is 7.40. The second kappa shape index (κ2) is 7.72. The molecule has 0 saturated heterocycles. The Hall–Kier alpha value is -0.530. The van der Waals surface area contributed by atoms with E-state index in [1.165, 1.54) is 38.5 Å². The fourth-order valence-electron chi connectivity index (χ4n) is 1.63. The zero-order chi connectivity index (χ0) is 11.7. The predicted octanol–water partition coefficient (Wildman–Crippen LogP) is 4.24. The summed E-state index contributed by atoms with van der Waals surface area (Å²) >= 11 is 0. The number of aliphatic carboxylic acids is 1. The van der Waals surface area contributed by atoms with Crippen molar-refractivity contribution in [3.05, 3.63) is 0 Å². The van der Waals surface area contributed by atoms with Gasteiger partial charge in [0, 0.05) is 0 Å². The number of carbonyl (C=O) groups is 1. The molecule has 0 aliphatic rings. The molecular weight excluding hydrogens is 188 g/mol. The summed E-state index contributed by atoms with van der Waals surface area (Å²) in [6.07, 6.45) is 9.55. The summed E-state index contributed by atoms with van der Waals surface area (Å²) in [7, 11) is 0. The molecule has 15 heavy (non-hydrogen) atoms. The fraction of sp³-hybridized carbons (Fsp3) is 0.923. The molecule has 0 heterocycles. The molecule has 0 aliphatic heterocycles. The van der Waals surface area contributed by atoms with Gasteiger partial charge >= 0.3 is 5.97 Å². The first-order valence-electron chi connectivity index (χ1n) is 6.24. The van der Waals surface area contributed by atoms with Crippen LogP contribution in [0.3, 0.4) is 0 Å². The highest BCUT2D eigenvalue weighted by Crippen LogP contribution is 2.24. The van der Waals surface area contributed by atoms with Gasteiger partial charge in [0.05, 0.1) is 5.41 Å². The van der Waals surface area contributed by atoms with Crippen molar-refractivity contribution in [3.63, 3.8) is 0 Å².